The minimum Gasteiger partial charge on any atom is -0.383 e. The second kappa shape index (κ2) is 11.2. The molecule has 2 fully saturated rings. The van der Waals surface area contributed by atoms with Gasteiger partial charge in [0.05, 0.1) is 17.1 Å². The second-order valence-electron chi connectivity index (χ2n) is 10.7. The molecule has 10 heteroatoms. The van der Waals surface area contributed by atoms with Crippen molar-refractivity contribution in [2.24, 2.45) is 0 Å². The van der Waals surface area contributed by atoms with Crippen LogP contribution in [0.15, 0.2) is 53.3 Å². The molecule has 0 radical (unpaired) electrons. The zero-order chi connectivity index (χ0) is 26.9. The SMILES string of the molecule is CN1CCN(C2CCC(n3nc(-c4ccc(NCc5ccc(Br)cc5)c(F)c4)c4c(N)ncnc43)CC2)CC1. The summed E-state index contributed by atoms with van der Waals surface area (Å²) in [4.78, 5) is 13.9. The van der Waals surface area contributed by atoms with Crippen LogP contribution in [0.25, 0.3) is 22.3 Å². The van der Waals surface area contributed by atoms with E-state index in [-0.39, 0.29) is 11.9 Å². The maximum atomic E-state index is 15.2. The highest BCUT2D eigenvalue weighted by Crippen LogP contribution is 2.37. The van der Waals surface area contributed by atoms with E-state index in [9.17, 15) is 0 Å². The van der Waals surface area contributed by atoms with Crippen molar-refractivity contribution in [3.63, 3.8) is 0 Å². The van der Waals surface area contributed by atoms with E-state index in [1.165, 1.54) is 12.4 Å². The molecule has 0 bridgehead atoms. The van der Waals surface area contributed by atoms with Crippen LogP contribution in [-0.2, 0) is 6.54 Å². The summed E-state index contributed by atoms with van der Waals surface area (Å²) in [5, 5.41) is 8.87. The molecular weight excluding hydrogens is 559 g/mol. The van der Waals surface area contributed by atoms with Crippen molar-refractivity contribution in [2.45, 2.75) is 44.3 Å². The van der Waals surface area contributed by atoms with Gasteiger partial charge in [-0.2, -0.15) is 5.10 Å². The lowest BCUT2D eigenvalue weighted by Gasteiger charge is -2.41. The lowest BCUT2D eigenvalue weighted by molar-refractivity contribution is 0.0815. The van der Waals surface area contributed by atoms with Crippen molar-refractivity contribution in [3.8, 4) is 11.3 Å². The van der Waals surface area contributed by atoms with Crippen LogP contribution in [0.3, 0.4) is 0 Å². The fraction of sp³-hybridized carbons (Fsp3) is 0.414. The van der Waals surface area contributed by atoms with Crippen LogP contribution in [0.5, 0.6) is 0 Å². The Balaban J connectivity index is 1.22. The number of benzene rings is 2. The molecule has 0 unspecified atom stereocenters. The van der Waals surface area contributed by atoms with Crippen LogP contribution < -0.4 is 11.1 Å². The van der Waals surface area contributed by atoms with Crippen LogP contribution in [0.2, 0.25) is 0 Å². The highest BCUT2D eigenvalue weighted by atomic mass is 79.9. The largest absolute Gasteiger partial charge is 0.383 e. The van der Waals surface area contributed by atoms with Crippen molar-refractivity contribution < 1.29 is 4.39 Å². The third kappa shape index (κ3) is 5.50. The maximum Gasteiger partial charge on any atom is 0.164 e. The number of likely N-dealkylation sites (N-methyl/N-ethyl adjacent to an activating group) is 1. The Morgan fingerprint density at radius 1 is 0.974 bits per heavy atom. The lowest BCUT2D eigenvalue weighted by Crippen LogP contribution is -2.49. The van der Waals surface area contributed by atoms with Gasteiger partial charge in [0.2, 0.25) is 0 Å². The Bertz CT molecular complexity index is 1440. The molecule has 0 atom stereocenters. The molecule has 2 aromatic heterocycles. The first-order chi connectivity index (χ1) is 19.0. The highest BCUT2D eigenvalue weighted by Gasteiger charge is 2.30. The first-order valence-corrected chi connectivity index (χ1v) is 14.4. The van der Waals surface area contributed by atoms with Gasteiger partial charge in [-0.1, -0.05) is 34.1 Å². The summed E-state index contributed by atoms with van der Waals surface area (Å²) < 4.78 is 18.3. The fourth-order valence-electron chi connectivity index (χ4n) is 5.91. The molecule has 4 aromatic rings. The molecule has 6 rings (SSSR count). The number of fused-ring (bicyclic) bond motifs is 1. The molecule has 3 heterocycles. The average molecular weight is 594 g/mol. The molecule has 8 nitrogen and oxygen atoms in total. The monoisotopic (exact) mass is 592 g/mol. The van der Waals surface area contributed by atoms with Gasteiger partial charge in [-0.15, -0.1) is 0 Å². The predicted octanol–water partition coefficient (Wildman–Crippen LogP) is 5.32. The van der Waals surface area contributed by atoms with E-state index in [0.29, 0.717) is 40.7 Å². The minimum atomic E-state index is -0.338. The van der Waals surface area contributed by atoms with Crippen LogP contribution in [0.1, 0.15) is 37.3 Å². The number of hydrogen-bond acceptors (Lipinski definition) is 7. The van der Waals surface area contributed by atoms with Gasteiger partial charge in [0.25, 0.3) is 0 Å². The molecule has 1 aliphatic carbocycles. The number of aromatic nitrogens is 4. The zero-order valence-corrected chi connectivity index (χ0v) is 23.7. The number of nitrogen functional groups attached to an aromatic ring is 1. The topological polar surface area (TPSA) is 88.1 Å². The number of hydrogen-bond donors (Lipinski definition) is 2. The van der Waals surface area contributed by atoms with Gasteiger partial charge in [0, 0.05) is 48.8 Å². The Kier molecular flexibility index (Phi) is 7.51. The summed E-state index contributed by atoms with van der Waals surface area (Å²) in [6, 6.07) is 14.0. The molecule has 0 amide bonds. The molecule has 39 heavy (non-hydrogen) atoms. The van der Waals surface area contributed by atoms with Crippen LogP contribution in [0.4, 0.5) is 15.9 Å². The number of anilines is 2. The molecule has 1 saturated carbocycles. The molecule has 1 aliphatic heterocycles. The Morgan fingerprint density at radius 2 is 1.69 bits per heavy atom. The number of rotatable bonds is 6. The van der Waals surface area contributed by atoms with Gasteiger partial charge in [-0.05, 0) is 62.6 Å². The van der Waals surface area contributed by atoms with Gasteiger partial charge in [-0.25, -0.2) is 19.0 Å². The van der Waals surface area contributed by atoms with E-state index < -0.39 is 0 Å². The van der Waals surface area contributed by atoms with Gasteiger partial charge in [-0.3, -0.25) is 4.90 Å². The van der Waals surface area contributed by atoms with Crippen LogP contribution in [-0.4, -0.2) is 68.8 Å². The lowest BCUT2D eigenvalue weighted by atomic mass is 9.90. The van der Waals surface area contributed by atoms with Gasteiger partial charge < -0.3 is 16.0 Å². The third-order valence-electron chi connectivity index (χ3n) is 8.22. The standard InChI is InChI=1S/C29H34BrFN8/c1-37-12-14-38(15-13-37)22-7-9-23(10-8-22)39-29-26(28(32)34-18-35-29)27(36-39)20-4-11-25(24(31)16-20)33-17-19-2-5-21(30)6-3-19/h2-6,11,16,18,22-23,33H,7-10,12-15,17H2,1H3,(H2,32,34,35). The zero-order valence-electron chi connectivity index (χ0n) is 22.2. The Hall–Kier alpha value is -3.08. The minimum absolute atomic E-state index is 0.232. The number of halogens is 2. The number of nitrogens with zero attached hydrogens (tertiary/aromatic N) is 6. The second-order valence-corrected chi connectivity index (χ2v) is 11.6. The summed E-state index contributed by atoms with van der Waals surface area (Å²) in [5.74, 6) is 0.0284. The van der Waals surface area contributed by atoms with E-state index in [2.05, 4.69) is 48.1 Å². The third-order valence-corrected chi connectivity index (χ3v) is 8.75. The van der Waals surface area contributed by atoms with Crippen molar-refractivity contribution in [3.05, 3.63) is 64.6 Å². The van der Waals surface area contributed by atoms with Crippen molar-refractivity contribution in [1.82, 2.24) is 29.5 Å². The first kappa shape index (κ1) is 26.2. The summed E-state index contributed by atoms with van der Waals surface area (Å²) >= 11 is 3.44. The van der Waals surface area contributed by atoms with Crippen molar-refractivity contribution in [2.75, 3.05) is 44.3 Å². The molecule has 2 aliphatic rings. The van der Waals surface area contributed by atoms with E-state index in [1.54, 1.807) is 6.07 Å². The smallest absolute Gasteiger partial charge is 0.164 e. The summed E-state index contributed by atoms with van der Waals surface area (Å²) in [7, 11) is 2.20. The molecule has 3 N–H and O–H groups in total. The Labute approximate surface area is 236 Å². The fourth-order valence-corrected chi connectivity index (χ4v) is 6.18. The van der Waals surface area contributed by atoms with Crippen LogP contribution >= 0.6 is 15.9 Å². The normalized spacial score (nSPS) is 20.9. The van der Waals surface area contributed by atoms with Gasteiger partial charge >= 0.3 is 0 Å². The van der Waals surface area contributed by atoms with Crippen molar-refractivity contribution >= 4 is 38.5 Å². The van der Waals surface area contributed by atoms with E-state index in [0.717, 1.165) is 67.5 Å². The van der Waals surface area contributed by atoms with Crippen LogP contribution in [0, 0.1) is 5.82 Å². The molecule has 2 aromatic carbocycles. The maximum absolute atomic E-state index is 15.2. The molecule has 0 spiro atoms. The van der Waals surface area contributed by atoms with Crippen molar-refractivity contribution in [1.29, 1.82) is 0 Å². The Morgan fingerprint density at radius 3 is 2.41 bits per heavy atom. The van der Waals surface area contributed by atoms with Gasteiger partial charge in [0.1, 0.15) is 23.7 Å². The number of piperazine rings is 1. The summed E-state index contributed by atoms with van der Waals surface area (Å²) in [6.45, 7) is 5.09. The van der Waals surface area contributed by atoms with E-state index in [4.69, 9.17) is 10.8 Å². The molecular formula is C29H34BrFN8. The molecule has 204 valence electrons. The van der Waals surface area contributed by atoms with E-state index in [1.807, 2.05) is 35.0 Å². The quantitative estimate of drug-likeness (QED) is 0.313. The van der Waals surface area contributed by atoms with Gasteiger partial charge in [0.15, 0.2) is 5.65 Å². The number of nitrogens with one attached hydrogen (secondary N) is 1. The summed E-state index contributed by atoms with van der Waals surface area (Å²) in [5.41, 5.74) is 9.86. The average Bonchev–Trinajstić information content (AvgIpc) is 3.35. The summed E-state index contributed by atoms with van der Waals surface area (Å²) in [6.07, 6.45) is 5.83. The number of nitrogens with two attached hydrogens (primary N) is 1. The van der Waals surface area contributed by atoms with E-state index >= 15 is 4.39 Å². The highest BCUT2D eigenvalue weighted by molar-refractivity contribution is 9.10. The first-order valence-electron chi connectivity index (χ1n) is 13.7. The molecule has 1 saturated heterocycles. The predicted molar refractivity (Wildman–Crippen MR) is 157 cm³/mol.